The second-order valence-corrected chi connectivity index (χ2v) is 6.66. The highest BCUT2D eigenvalue weighted by Gasteiger charge is 2.23. The first-order chi connectivity index (χ1) is 13.5. The molecule has 1 aromatic heterocycles. The molecular formula is C20H25N5O3. The van der Waals surface area contributed by atoms with Crippen LogP contribution in [0.15, 0.2) is 30.3 Å². The molecule has 0 spiro atoms. The Kier molecular flexibility index (Phi) is 6.08. The number of rotatable bonds is 4. The van der Waals surface area contributed by atoms with Crippen molar-refractivity contribution < 1.29 is 14.3 Å². The van der Waals surface area contributed by atoms with Crippen molar-refractivity contribution in [2.45, 2.75) is 20.8 Å². The van der Waals surface area contributed by atoms with Crippen molar-refractivity contribution >= 4 is 23.5 Å². The van der Waals surface area contributed by atoms with E-state index in [1.165, 1.54) is 0 Å². The number of nitrogens with zero attached hydrogens (tertiary/aromatic N) is 4. The van der Waals surface area contributed by atoms with Gasteiger partial charge in [0, 0.05) is 37.9 Å². The maximum atomic E-state index is 12.6. The molecule has 0 radical (unpaired) electrons. The summed E-state index contributed by atoms with van der Waals surface area (Å²) in [4.78, 5) is 37.0. The van der Waals surface area contributed by atoms with Crippen LogP contribution >= 0.6 is 0 Å². The van der Waals surface area contributed by atoms with Gasteiger partial charge in [0.2, 0.25) is 0 Å². The molecule has 0 unspecified atom stereocenters. The lowest BCUT2D eigenvalue weighted by Gasteiger charge is -2.34. The van der Waals surface area contributed by atoms with Gasteiger partial charge in [-0.3, -0.25) is 4.79 Å². The number of carbonyl (C=O) groups is 2. The van der Waals surface area contributed by atoms with Gasteiger partial charge in [0.15, 0.2) is 0 Å². The molecule has 1 aliphatic rings. The summed E-state index contributed by atoms with van der Waals surface area (Å²) < 4.78 is 5.05. The van der Waals surface area contributed by atoms with E-state index in [-0.39, 0.29) is 12.0 Å². The number of hydrogen-bond donors (Lipinski definition) is 1. The Balaban J connectivity index is 1.70. The van der Waals surface area contributed by atoms with E-state index in [4.69, 9.17) is 4.74 Å². The quantitative estimate of drug-likeness (QED) is 0.873. The normalized spacial score (nSPS) is 14.0. The Morgan fingerprint density at radius 3 is 2.54 bits per heavy atom. The molecule has 1 fully saturated rings. The molecule has 8 heteroatoms. The number of aromatic nitrogens is 2. The fourth-order valence-electron chi connectivity index (χ4n) is 3.08. The van der Waals surface area contributed by atoms with Crippen molar-refractivity contribution in [2.75, 3.05) is 43.0 Å². The molecule has 1 saturated heterocycles. The number of carbonyl (C=O) groups excluding carboxylic acids is 2. The molecule has 2 amide bonds. The van der Waals surface area contributed by atoms with E-state index in [1.807, 2.05) is 36.1 Å². The van der Waals surface area contributed by atoms with Crippen molar-refractivity contribution in [1.29, 1.82) is 0 Å². The summed E-state index contributed by atoms with van der Waals surface area (Å²) in [5.74, 6) is 0.938. The molecule has 1 N–H and O–H groups in total. The molecule has 3 rings (SSSR count). The largest absolute Gasteiger partial charge is 0.450 e. The summed E-state index contributed by atoms with van der Waals surface area (Å²) in [5.41, 5.74) is 2.11. The maximum absolute atomic E-state index is 12.6. The Morgan fingerprint density at radius 1 is 1.11 bits per heavy atom. The summed E-state index contributed by atoms with van der Waals surface area (Å²) in [6.45, 7) is 8.23. The van der Waals surface area contributed by atoms with Crippen molar-refractivity contribution in [2.24, 2.45) is 0 Å². The molecule has 8 nitrogen and oxygen atoms in total. The zero-order valence-electron chi connectivity index (χ0n) is 16.4. The van der Waals surface area contributed by atoms with Gasteiger partial charge in [-0.05, 0) is 38.5 Å². The third kappa shape index (κ3) is 4.76. The molecule has 0 aliphatic carbocycles. The van der Waals surface area contributed by atoms with Crippen LogP contribution in [-0.2, 0) is 4.74 Å². The van der Waals surface area contributed by atoms with Crippen LogP contribution in [0.2, 0.25) is 0 Å². The van der Waals surface area contributed by atoms with E-state index in [0.29, 0.717) is 50.1 Å². The number of amides is 2. The van der Waals surface area contributed by atoms with E-state index in [2.05, 4.69) is 15.3 Å². The summed E-state index contributed by atoms with van der Waals surface area (Å²) in [5, 5.41) is 2.88. The number of anilines is 2. The lowest BCUT2D eigenvalue weighted by Crippen LogP contribution is -2.49. The third-order valence-electron chi connectivity index (χ3n) is 4.46. The molecular weight excluding hydrogens is 358 g/mol. The molecule has 2 heterocycles. The van der Waals surface area contributed by atoms with Crippen molar-refractivity contribution in [3.05, 3.63) is 47.4 Å². The minimum absolute atomic E-state index is 0.275. The second-order valence-electron chi connectivity index (χ2n) is 6.66. The zero-order valence-corrected chi connectivity index (χ0v) is 16.4. The van der Waals surface area contributed by atoms with E-state index in [1.54, 1.807) is 24.8 Å². The SMILES string of the molecule is CCOC(=O)N1CCN(c2cc(C(=O)Nc3cccc(C)c3)nc(C)n2)CC1. The third-order valence-corrected chi connectivity index (χ3v) is 4.46. The Labute approximate surface area is 164 Å². The number of hydrogen-bond acceptors (Lipinski definition) is 6. The Bertz CT molecular complexity index is 863. The first-order valence-corrected chi connectivity index (χ1v) is 9.36. The highest BCUT2D eigenvalue weighted by Crippen LogP contribution is 2.17. The van der Waals surface area contributed by atoms with Gasteiger partial charge in [-0.1, -0.05) is 12.1 Å². The van der Waals surface area contributed by atoms with E-state index in [9.17, 15) is 9.59 Å². The predicted molar refractivity (Wildman–Crippen MR) is 107 cm³/mol. The zero-order chi connectivity index (χ0) is 20.1. The van der Waals surface area contributed by atoms with Gasteiger partial charge in [0.05, 0.1) is 6.61 Å². The number of nitrogens with one attached hydrogen (secondary N) is 1. The molecule has 1 aromatic carbocycles. The lowest BCUT2D eigenvalue weighted by molar-refractivity contribution is 0.102. The molecule has 1 aliphatic heterocycles. The Morgan fingerprint density at radius 2 is 1.86 bits per heavy atom. The van der Waals surface area contributed by atoms with E-state index in [0.717, 1.165) is 11.3 Å². The fraction of sp³-hybridized carbons (Fsp3) is 0.400. The number of ether oxygens (including phenoxy) is 1. The number of benzene rings is 1. The van der Waals surface area contributed by atoms with Gasteiger partial charge in [-0.25, -0.2) is 14.8 Å². The summed E-state index contributed by atoms with van der Waals surface area (Å²) in [6, 6.07) is 9.30. The topological polar surface area (TPSA) is 87.7 Å². The molecule has 0 atom stereocenters. The standard InChI is InChI=1S/C20H25N5O3/c1-4-28-20(27)25-10-8-24(9-11-25)18-13-17(21-15(3)22-18)19(26)23-16-7-5-6-14(2)12-16/h5-7,12-13H,4,8-11H2,1-3H3,(H,23,26). The van der Waals surface area contributed by atoms with Crippen LogP contribution in [0, 0.1) is 13.8 Å². The van der Waals surface area contributed by atoms with Gasteiger partial charge in [0.1, 0.15) is 17.3 Å². The van der Waals surface area contributed by atoms with Gasteiger partial charge < -0.3 is 19.9 Å². The molecule has 2 aromatic rings. The monoisotopic (exact) mass is 383 g/mol. The van der Waals surface area contributed by atoms with Crippen LogP contribution in [0.4, 0.5) is 16.3 Å². The molecule has 28 heavy (non-hydrogen) atoms. The number of piperazine rings is 1. The maximum Gasteiger partial charge on any atom is 0.409 e. The van der Waals surface area contributed by atoms with Crippen LogP contribution in [0.3, 0.4) is 0 Å². The average molecular weight is 383 g/mol. The van der Waals surface area contributed by atoms with Gasteiger partial charge in [-0.15, -0.1) is 0 Å². The summed E-state index contributed by atoms with van der Waals surface area (Å²) in [6.07, 6.45) is -0.292. The summed E-state index contributed by atoms with van der Waals surface area (Å²) >= 11 is 0. The van der Waals surface area contributed by atoms with E-state index >= 15 is 0 Å². The van der Waals surface area contributed by atoms with Gasteiger partial charge in [-0.2, -0.15) is 0 Å². The number of aryl methyl sites for hydroxylation is 2. The Hall–Kier alpha value is -3.16. The first kappa shape index (κ1) is 19.6. The fourth-order valence-corrected chi connectivity index (χ4v) is 3.08. The summed E-state index contributed by atoms with van der Waals surface area (Å²) in [7, 11) is 0. The van der Waals surface area contributed by atoms with E-state index < -0.39 is 0 Å². The predicted octanol–water partition coefficient (Wildman–Crippen LogP) is 2.62. The van der Waals surface area contributed by atoms with Crippen molar-refractivity contribution in [1.82, 2.24) is 14.9 Å². The second kappa shape index (κ2) is 8.69. The van der Waals surface area contributed by atoms with Crippen LogP contribution in [-0.4, -0.2) is 59.7 Å². The highest BCUT2D eigenvalue weighted by molar-refractivity contribution is 6.03. The molecule has 0 bridgehead atoms. The highest BCUT2D eigenvalue weighted by atomic mass is 16.6. The molecule has 0 saturated carbocycles. The van der Waals surface area contributed by atoms with Crippen LogP contribution in [0.1, 0.15) is 28.8 Å². The van der Waals surface area contributed by atoms with Crippen LogP contribution < -0.4 is 10.2 Å². The minimum atomic E-state index is -0.292. The minimum Gasteiger partial charge on any atom is -0.450 e. The van der Waals surface area contributed by atoms with Crippen LogP contribution in [0.5, 0.6) is 0 Å². The average Bonchev–Trinajstić information content (AvgIpc) is 2.68. The lowest BCUT2D eigenvalue weighted by atomic mass is 10.2. The van der Waals surface area contributed by atoms with Gasteiger partial charge >= 0.3 is 6.09 Å². The van der Waals surface area contributed by atoms with Crippen molar-refractivity contribution in [3.63, 3.8) is 0 Å². The van der Waals surface area contributed by atoms with Crippen molar-refractivity contribution in [3.8, 4) is 0 Å². The molecule has 148 valence electrons. The van der Waals surface area contributed by atoms with Gasteiger partial charge in [0.25, 0.3) is 5.91 Å². The van der Waals surface area contributed by atoms with Crippen LogP contribution in [0.25, 0.3) is 0 Å². The first-order valence-electron chi connectivity index (χ1n) is 9.36. The smallest absolute Gasteiger partial charge is 0.409 e.